The molecule has 0 unspecified atom stereocenters. The molecule has 1 atom stereocenters. The average Bonchev–Trinajstić information content (AvgIpc) is 3.31. The topological polar surface area (TPSA) is 92.3 Å². The van der Waals surface area contributed by atoms with E-state index in [9.17, 15) is 10.1 Å². The summed E-state index contributed by atoms with van der Waals surface area (Å²) in [5.74, 6) is 1.84. The maximum atomic E-state index is 11.7. The molecule has 0 spiro atoms. The second-order valence-electron chi connectivity index (χ2n) is 9.44. The van der Waals surface area contributed by atoms with Crippen LogP contribution in [-0.2, 0) is 6.61 Å². The molecule has 1 heterocycles. The third kappa shape index (κ3) is 6.26. The Morgan fingerprint density at radius 1 is 0.900 bits per heavy atom. The fraction of sp³-hybridized carbons (Fsp3) is 0.226. The second-order valence-corrected chi connectivity index (χ2v) is 10.6. The first-order valence-corrected chi connectivity index (χ1v) is 13.9. The van der Waals surface area contributed by atoms with Gasteiger partial charge in [-0.25, -0.2) is 0 Å². The lowest BCUT2D eigenvalue weighted by molar-refractivity contribution is -0.479. The Morgan fingerprint density at radius 2 is 1.73 bits per heavy atom. The molecule has 1 aromatic heterocycles. The summed E-state index contributed by atoms with van der Waals surface area (Å²) in [6.07, 6.45) is 0. The highest BCUT2D eigenvalue weighted by Crippen LogP contribution is 2.40. The van der Waals surface area contributed by atoms with Crippen molar-refractivity contribution in [3.63, 3.8) is 0 Å². The van der Waals surface area contributed by atoms with Crippen molar-refractivity contribution in [2.45, 2.75) is 37.8 Å². The summed E-state index contributed by atoms with van der Waals surface area (Å²) in [5, 5.41) is 22.7. The van der Waals surface area contributed by atoms with Crippen LogP contribution in [0.3, 0.4) is 0 Å². The molecular formula is C31H30N4O4S. The van der Waals surface area contributed by atoms with Crippen molar-refractivity contribution < 1.29 is 14.4 Å². The highest BCUT2D eigenvalue weighted by atomic mass is 32.2. The molecule has 0 bridgehead atoms. The van der Waals surface area contributed by atoms with Gasteiger partial charge in [-0.1, -0.05) is 66.4 Å². The summed E-state index contributed by atoms with van der Waals surface area (Å²) in [6.45, 7) is 6.31. The number of benzene rings is 4. The van der Waals surface area contributed by atoms with E-state index in [1.807, 2.05) is 86.0 Å². The fourth-order valence-corrected chi connectivity index (χ4v) is 5.72. The van der Waals surface area contributed by atoms with Gasteiger partial charge in [-0.05, 0) is 78.6 Å². The van der Waals surface area contributed by atoms with E-state index in [0.29, 0.717) is 35.7 Å². The Morgan fingerprint density at radius 3 is 2.50 bits per heavy atom. The van der Waals surface area contributed by atoms with Gasteiger partial charge in [-0.3, -0.25) is 14.7 Å². The van der Waals surface area contributed by atoms with Crippen LogP contribution in [0.1, 0.15) is 34.7 Å². The smallest absolute Gasteiger partial charge is 0.220 e. The number of fused-ring (bicyclic) bond motifs is 1. The Hall–Kier alpha value is -4.37. The molecule has 5 aromatic rings. The molecule has 0 saturated heterocycles. The van der Waals surface area contributed by atoms with Crippen LogP contribution >= 0.6 is 11.8 Å². The molecule has 0 amide bonds. The lowest BCUT2D eigenvalue weighted by Gasteiger charge is -2.17. The summed E-state index contributed by atoms with van der Waals surface area (Å²) >= 11 is 1.31. The SMILES string of the molecule is CCOc1cc([C@@H](C[N+](=O)[O-])Sc2nnc(C)n2-c2cccc(C)c2)ccc1OCc1ccc2ccccc2c1. The van der Waals surface area contributed by atoms with Crippen LogP contribution in [0.2, 0.25) is 0 Å². The first kappa shape index (κ1) is 27.2. The minimum absolute atomic E-state index is 0.284. The van der Waals surface area contributed by atoms with E-state index >= 15 is 0 Å². The average molecular weight is 555 g/mol. The van der Waals surface area contributed by atoms with Gasteiger partial charge in [-0.15, -0.1) is 10.2 Å². The molecule has 8 nitrogen and oxygen atoms in total. The Kier molecular flexibility index (Phi) is 8.31. The minimum atomic E-state index is -0.518. The van der Waals surface area contributed by atoms with Crippen molar-refractivity contribution in [3.8, 4) is 17.2 Å². The molecule has 4 aromatic carbocycles. The van der Waals surface area contributed by atoms with Gasteiger partial charge < -0.3 is 9.47 Å². The standard InChI is InChI=1S/C31H30N4O4S/c1-4-38-29-18-26(14-15-28(29)39-20-23-12-13-24-9-5-6-10-25(24)17-23)30(19-34(36)37)40-31-33-32-22(3)35(31)27-11-7-8-21(2)16-27/h5-18,30H,4,19-20H2,1-3H3/t30-/m1/s1. The number of thioether (sulfide) groups is 1. The van der Waals surface area contributed by atoms with Crippen LogP contribution in [0.25, 0.3) is 16.5 Å². The van der Waals surface area contributed by atoms with E-state index < -0.39 is 5.25 Å². The van der Waals surface area contributed by atoms with Gasteiger partial charge in [0.15, 0.2) is 16.7 Å². The van der Waals surface area contributed by atoms with Crippen molar-refractivity contribution in [1.29, 1.82) is 0 Å². The summed E-state index contributed by atoms with van der Waals surface area (Å²) in [4.78, 5) is 11.4. The number of nitrogens with zero attached hydrogens (tertiary/aromatic N) is 4. The maximum Gasteiger partial charge on any atom is 0.220 e. The molecule has 204 valence electrons. The monoisotopic (exact) mass is 554 g/mol. The number of hydrogen-bond donors (Lipinski definition) is 0. The predicted molar refractivity (Wildman–Crippen MR) is 157 cm³/mol. The fourth-order valence-electron chi connectivity index (χ4n) is 4.56. The molecular weight excluding hydrogens is 524 g/mol. The summed E-state index contributed by atoms with van der Waals surface area (Å²) in [6, 6.07) is 28.0. The van der Waals surface area contributed by atoms with Crippen LogP contribution in [0.5, 0.6) is 11.5 Å². The quantitative estimate of drug-likeness (QED) is 0.0974. The third-order valence-electron chi connectivity index (χ3n) is 6.47. The third-order valence-corrected chi connectivity index (χ3v) is 7.65. The molecule has 0 aliphatic rings. The molecule has 9 heteroatoms. The molecule has 40 heavy (non-hydrogen) atoms. The van der Waals surface area contributed by atoms with E-state index in [4.69, 9.17) is 9.47 Å². The van der Waals surface area contributed by atoms with E-state index in [2.05, 4.69) is 34.5 Å². The molecule has 0 aliphatic carbocycles. The number of aryl methyl sites for hydroxylation is 2. The molecule has 5 rings (SSSR count). The van der Waals surface area contributed by atoms with Crippen molar-refractivity contribution >= 4 is 22.5 Å². The highest BCUT2D eigenvalue weighted by Gasteiger charge is 2.25. The van der Waals surface area contributed by atoms with Crippen LogP contribution in [0.4, 0.5) is 0 Å². The largest absolute Gasteiger partial charge is 0.490 e. The van der Waals surface area contributed by atoms with Crippen LogP contribution in [-0.4, -0.2) is 32.8 Å². The van der Waals surface area contributed by atoms with Gasteiger partial charge in [0.2, 0.25) is 6.54 Å². The van der Waals surface area contributed by atoms with Gasteiger partial charge in [0.1, 0.15) is 17.7 Å². The van der Waals surface area contributed by atoms with Crippen molar-refractivity contribution in [2.24, 2.45) is 0 Å². The number of hydrogen-bond acceptors (Lipinski definition) is 7. The summed E-state index contributed by atoms with van der Waals surface area (Å²) < 4.78 is 14.0. The zero-order valence-electron chi connectivity index (χ0n) is 22.6. The van der Waals surface area contributed by atoms with Gasteiger partial charge in [0.25, 0.3) is 0 Å². The highest BCUT2D eigenvalue weighted by molar-refractivity contribution is 7.99. The zero-order valence-corrected chi connectivity index (χ0v) is 23.4. The minimum Gasteiger partial charge on any atom is -0.490 e. The number of rotatable bonds is 11. The lowest BCUT2D eigenvalue weighted by atomic mass is 10.1. The molecule has 0 radical (unpaired) electrons. The van der Waals surface area contributed by atoms with E-state index in [1.165, 1.54) is 17.1 Å². The maximum absolute atomic E-state index is 11.7. The Labute approximate surface area is 237 Å². The first-order chi connectivity index (χ1) is 19.4. The van der Waals surface area contributed by atoms with Crippen LogP contribution in [0.15, 0.2) is 90.1 Å². The normalized spacial score (nSPS) is 11.9. The van der Waals surface area contributed by atoms with Crippen molar-refractivity contribution in [1.82, 2.24) is 14.8 Å². The zero-order chi connectivity index (χ0) is 28.1. The predicted octanol–water partition coefficient (Wildman–Crippen LogP) is 7.13. The number of aromatic nitrogens is 3. The van der Waals surface area contributed by atoms with Crippen molar-refractivity contribution in [3.05, 3.63) is 118 Å². The number of nitro groups is 1. The summed E-state index contributed by atoms with van der Waals surface area (Å²) in [7, 11) is 0. The molecule has 0 aliphatic heterocycles. The number of ether oxygens (including phenoxy) is 2. The van der Waals surface area contributed by atoms with E-state index in [-0.39, 0.29) is 11.5 Å². The van der Waals surface area contributed by atoms with Gasteiger partial charge in [0, 0.05) is 10.6 Å². The van der Waals surface area contributed by atoms with Crippen LogP contribution < -0.4 is 9.47 Å². The van der Waals surface area contributed by atoms with Gasteiger partial charge in [-0.2, -0.15) is 0 Å². The van der Waals surface area contributed by atoms with Gasteiger partial charge >= 0.3 is 0 Å². The molecule has 0 N–H and O–H groups in total. The van der Waals surface area contributed by atoms with E-state index in [0.717, 1.165) is 27.8 Å². The Bertz CT molecular complexity index is 1650. The summed E-state index contributed by atoms with van der Waals surface area (Å²) in [5.41, 5.74) is 3.80. The van der Waals surface area contributed by atoms with Crippen molar-refractivity contribution in [2.75, 3.05) is 13.2 Å². The second kappa shape index (κ2) is 12.2. The van der Waals surface area contributed by atoms with E-state index in [1.54, 1.807) is 0 Å². The molecule has 0 saturated carbocycles. The first-order valence-electron chi connectivity index (χ1n) is 13.1. The lowest BCUT2D eigenvalue weighted by Crippen LogP contribution is -2.12. The van der Waals surface area contributed by atoms with Crippen LogP contribution in [0, 0.1) is 24.0 Å². The Balaban J connectivity index is 1.41. The van der Waals surface area contributed by atoms with Gasteiger partial charge in [0.05, 0.1) is 6.61 Å². The molecule has 0 fully saturated rings.